The Morgan fingerprint density at radius 1 is 1.27 bits per heavy atom. The van der Waals surface area contributed by atoms with Crippen LogP contribution in [-0.2, 0) is 9.59 Å². The minimum atomic E-state index is -0.475. The molecule has 1 aromatic carbocycles. The van der Waals surface area contributed by atoms with E-state index >= 15 is 0 Å². The van der Waals surface area contributed by atoms with Crippen LogP contribution in [0.5, 0.6) is 0 Å². The summed E-state index contributed by atoms with van der Waals surface area (Å²) in [7, 11) is 0. The van der Waals surface area contributed by atoms with Crippen LogP contribution in [0, 0.1) is 5.92 Å². The van der Waals surface area contributed by atoms with Gasteiger partial charge in [0.2, 0.25) is 11.8 Å². The van der Waals surface area contributed by atoms with E-state index < -0.39 is 6.10 Å². The van der Waals surface area contributed by atoms with Crippen LogP contribution in [0.15, 0.2) is 24.3 Å². The normalized spacial score (nSPS) is 20.4. The molecule has 1 aliphatic heterocycles. The molecule has 22 heavy (non-hydrogen) atoms. The second-order valence-electron chi connectivity index (χ2n) is 5.56. The molecule has 1 heterocycles. The second kappa shape index (κ2) is 8.12. The minimum Gasteiger partial charge on any atom is -0.392 e. The summed E-state index contributed by atoms with van der Waals surface area (Å²) in [5.41, 5.74) is 1.26. The highest BCUT2D eigenvalue weighted by molar-refractivity contribution is 5.97. The zero-order chi connectivity index (χ0) is 15.4. The lowest BCUT2D eigenvalue weighted by molar-refractivity contribution is -0.119. The lowest BCUT2D eigenvalue weighted by Gasteiger charge is -2.13. The van der Waals surface area contributed by atoms with E-state index in [1.54, 1.807) is 24.3 Å². The first-order valence-electron chi connectivity index (χ1n) is 7.09. The van der Waals surface area contributed by atoms with E-state index in [4.69, 9.17) is 0 Å². The fourth-order valence-electron chi connectivity index (χ4n) is 2.11. The number of hydrogen-bond donors (Lipinski definition) is 4. The summed E-state index contributed by atoms with van der Waals surface area (Å²) in [6.07, 6.45) is -0.0623. The van der Waals surface area contributed by atoms with Crippen molar-refractivity contribution in [2.24, 2.45) is 5.92 Å². The number of aliphatic hydroxyl groups excluding tert-OH is 1. The zero-order valence-corrected chi connectivity index (χ0v) is 13.4. The predicted octanol–water partition coefficient (Wildman–Crippen LogP) is 1.36. The number of carbonyl (C=O) groups excluding carboxylic acids is 2. The Bertz CT molecular complexity index is 537. The van der Waals surface area contributed by atoms with Gasteiger partial charge >= 0.3 is 0 Å². The molecule has 7 heteroatoms. The number of hydrogen-bond acceptors (Lipinski definition) is 4. The van der Waals surface area contributed by atoms with Crippen molar-refractivity contribution in [3.63, 3.8) is 0 Å². The number of β-amino-alcohol motifs (C(OH)–C–C–N with tert-alkyl or cyclic N) is 1. The summed E-state index contributed by atoms with van der Waals surface area (Å²) in [5.74, 6) is -0.356. The lowest BCUT2D eigenvalue weighted by Crippen LogP contribution is -2.35. The van der Waals surface area contributed by atoms with Gasteiger partial charge in [-0.2, -0.15) is 0 Å². The molecule has 1 aromatic rings. The standard InChI is InChI=1S/C15H21N3O3.ClH/c1-9(2)14(20)17-10-4-3-5-11(6-10)18-15(21)13-7-12(19)8-16-13;/h3-6,9,12-13,16,19H,7-8H2,1-2H3,(H,17,20)(H,18,21);1H. The fourth-order valence-corrected chi connectivity index (χ4v) is 2.11. The highest BCUT2D eigenvalue weighted by atomic mass is 35.5. The van der Waals surface area contributed by atoms with Gasteiger partial charge in [0.1, 0.15) is 0 Å². The molecule has 0 bridgehead atoms. The number of amides is 2. The summed E-state index contributed by atoms with van der Waals surface area (Å²) >= 11 is 0. The smallest absolute Gasteiger partial charge is 0.241 e. The topological polar surface area (TPSA) is 90.5 Å². The van der Waals surface area contributed by atoms with E-state index in [0.717, 1.165) is 0 Å². The molecule has 2 rings (SSSR count). The van der Waals surface area contributed by atoms with Gasteiger partial charge in [-0.15, -0.1) is 12.4 Å². The molecular weight excluding hydrogens is 306 g/mol. The second-order valence-corrected chi connectivity index (χ2v) is 5.56. The molecule has 0 radical (unpaired) electrons. The van der Waals surface area contributed by atoms with Gasteiger partial charge in [0.05, 0.1) is 12.1 Å². The van der Waals surface area contributed by atoms with Crippen molar-refractivity contribution in [3.05, 3.63) is 24.3 Å². The number of anilines is 2. The third-order valence-corrected chi connectivity index (χ3v) is 3.35. The van der Waals surface area contributed by atoms with Crippen molar-refractivity contribution in [2.45, 2.75) is 32.4 Å². The molecule has 4 N–H and O–H groups in total. The van der Waals surface area contributed by atoms with Crippen LogP contribution in [-0.4, -0.2) is 35.6 Å². The summed E-state index contributed by atoms with van der Waals surface area (Å²) < 4.78 is 0. The third-order valence-electron chi connectivity index (χ3n) is 3.35. The molecular formula is C15H22ClN3O3. The largest absolute Gasteiger partial charge is 0.392 e. The number of nitrogens with one attached hydrogen (secondary N) is 3. The van der Waals surface area contributed by atoms with Gasteiger partial charge in [-0.25, -0.2) is 0 Å². The van der Waals surface area contributed by atoms with Crippen molar-refractivity contribution in [1.29, 1.82) is 0 Å². The third kappa shape index (κ3) is 4.98. The summed E-state index contributed by atoms with van der Waals surface area (Å²) in [6, 6.07) is 6.63. The first kappa shape index (κ1) is 18.4. The van der Waals surface area contributed by atoms with Gasteiger partial charge in [-0.05, 0) is 24.6 Å². The molecule has 0 spiro atoms. The number of aliphatic hydroxyl groups is 1. The SMILES string of the molecule is CC(C)C(=O)Nc1cccc(NC(=O)C2CC(O)CN2)c1.Cl. The van der Waals surface area contributed by atoms with E-state index in [1.807, 2.05) is 13.8 Å². The zero-order valence-electron chi connectivity index (χ0n) is 12.6. The Morgan fingerprint density at radius 3 is 2.45 bits per heavy atom. The fraction of sp³-hybridized carbons (Fsp3) is 0.467. The molecule has 1 fully saturated rings. The number of rotatable bonds is 4. The Balaban J connectivity index is 0.00000242. The molecule has 2 atom stereocenters. The first-order chi connectivity index (χ1) is 9.95. The van der Waals surface area contributed by atoms with Crippen LogP contribution in [0.4, 0.5) is 11.4 Å². The van der Waals surface area contributed by atoms with Crippen molar-refractivity contribution in [3.8, 4) is 0 Å². The average Bonchev–Trinajstić information content (AvgIpc) is 2.86. The molecule has 122 valence electrons. The van der Waals surface area contributed by atoms with E-state index in [2.05, 4.69) is 16.0 Å². The summed E-state index contributed by atoms with van der Waals surface area (Å²) in [5, 5.41) is 17.9. The van der Waals surface area contributed by atoms with Crippen LogP contribution in [0.25, 0.3) is 0 Å². The van der Waals surface area contributed by atoms with E-state index in [0.29, 0.717) is 24.3 Å². The van der Waals surface area contributed by atoms with Gasteiger partial charge < -0.3 is 21.1 Å². The monoisotopic (exact) mass is 327 g/mol. The highest BCUT2D eigenvalue weighted by Gasteiger charge is 2.27. The highest BCUT2D eigenvalue weighted by Crippen LogP contribution is 2.17. The maximum Gasteiger partial charge on any atom is 0.241 e. The molecule has 6 nitrogen and oxygen atoms in total. The van der Waals surface area contributed by atoms with E-state index in [1.165, 1.54) is 0 Å². The predicted molar refractivity (Wildman–Crippen MR) is 88.2 cm³/mol. The van der Waals surface area contributed by atoms with Gasteiger partial charge in [0.15, 0.2) is 0 Å². The molecule has 2 amide bonds. The van der Waals surface area contributed by atoms with Crippen molar-refractivity contribution in [2.75, 3.05) is 17.2 Å². The maximum atomic E-state index is 12.0. The van der Waals surface area contributed by atoms with Crippen molar-refractivity contribution < 1.29 is 14.7 Å². The summed E-state index contributed by atoms with van der Waals surface area (Å²) in [6.45, 7) is 4.07. The molecule has 2 unspecified atom stereocenters. The average molecular weight is 328 g/mol. The minimum absolute atomic E-state index is 0. The van der Waals surface area contributed by atoms with Gasteiger partial charge in [-0.1, -0.05) is 19.9 Å². The van der Waals surface area contributed by atoms with E-state index in [9.17, 15) is 14.7 Å². The first-order valence-corrected chi connectivity index (χ1v) is 7.09. The molecule has 0 saturated carbocycles. The quantitative estimate of drug-likeness (QED) is 0.672. The maximum absolute atomic E-state index is 12.0. The number of halogens is 1. The lowest BCUT2D eigenvalue weighted by atomic mass is 10.1. The molecule has 0 aromatic heterocycles. The molecule has 1 saturated heterocycles. The molecule has 1 aliphatic rings. The van der Waals surface area contributed by atoms with Crippen LogP contribution >= 0.6 is 12.4 Å². The van der Waals surface area contributed by atoms with Crippen LogP contribution in [0.3, 0.4) is 0 Å². The Kier molecular flexibility index (Phi) is 6.80. The van der Waals surface area contributed by atoms with E-state index in [-0.39, 0.29) is 36.2 Å². The van der Waals surface area contributed by atoms with Gasteiger partial charge in [-0.3, -0.25) is 9.59 Å². The Labute approximate surface area is 136 Å². The van der Waals surface area contributed by atoms with Crippen molar-refractivity contribution in [1.82, 2.24) is 5.32 Å². The number of carbonyl (C=O) groups is 2. The Hall–Kier alpha value is -1.63. The number of benzene rings is 1. The van der Waals surface area contributed by atoms with Crippen LogP contribution in [0.1, 0.15) is 20.3 Å². The summed E-state index contributed by atoms with van der Waals surface area (Å²) in [4.78, 5) is 23.7. The molecule has 0 aliphatic carbocycles. The van der Waals surface area contributed by atoms with Crippen molar-refractivity contribution >= 4 is 35.6 Å². The van der Waals surface area contributed by atoms with Gasteiger partial charge in [0, 0.05) is 23.8 Å². The van der Waals surface area contributed by atoms with Gasteiger partial charge in [0.25, 0.3) is 0 Å². The van der Waals surface area contributed by atoms with Crippen LogP contribution in [0.2, 0.25) is 0 Å². The van der Waals surface area contributed by atoms with Crippen LogP contribution < -0.4 is 16.0 Å². The Morgan fingerprint density at radius 2 is 1.91 bits per heavy atom.